The van der Waals surface area contributed by atoms with Gasteiger partial charge in [-0.2, -0.15) is 13.2 Å². The van der Waals surface area contributed by atoms with Crippen LogP contribution in [0.4, 0.5) is 24.0 Å². The zero-order valence-corrected chi connectivity index (χ0v) is 24.0. The number of hydrogen-bond acceptors (Lipinski definition) is 11. The molecule has 1 amide bonds. The standard InChI is InChI=1S/C27H35F3N4O7S/c1-4-16-20(36)19(31-3)22-23(21(16)37)40-24-26(38,41-22)17(9-12(2)39-24)34-18(35)10-15-11-42-25(33-15)32-14-7-5-13(6-8-14)27(28,29)30/h5-8,11-12,16-17,19-24,31,36-38H,4,9-10H2,1-3H3,(H,32,33)(H,34,35)/t12-,16-,17-,19+,20+,21+,22?,23?,24?,26+/m1/s1. The monoisotopic (exact) mass is 616 g/mol. The molecule has 15 heteroatoms. The molecule has 0 radical (unpaired) electrons. The zero-order chi connectivity index (χ0) is 30.4. The Balaban J connectivity index is 1.25. The topological polar surface area (TPSA) is 154 Å². The van der Waals surface area contributed by atoms with Crippen LogP contribution < -0.4 is 16.0 Å². The van der Waals surface area contributed by atoms with Gasteiger partial charge in [0.1, 0.15) is 12.2 Å². The van der Waals surface area contributed by atoms with Gasteiger partial charge < -0.3 is 45.5 Å². The fourth-order valence-electron chi connectivity index (χ4n) is 5.96. The van der Waals surface area contributed by atoms with Crippen LogP contribution in [-0.4, -0.2) is 87.9 Å². The van der Waals surface area contributed by atoms with Crippen molar-refractivity contribution in [2.24, 2.45) is 5.92 Å². The SMILES string of the molecule is CC[C@@H]1[C@H](O)[C@H](NC)C2O[C@]3(O)C(OC2[C@H]1O)O[C@H](C)C[C@H]3NC(=O)Cc1csc(Nc2ccc(C(F)(F)F)cc2)n1. The number of aromatic nitrogens is 1. The number of ether oxygens (including phenoxy) is 3. The van der Waals surface area contributed by atoms with E-state index >= 15 is 0 Å². The number of carbonyl (C=O) groups excluding carboxylic acids is 1. The number of likely N-dealkylation sites (N-methyl/N-ethyl adjacent to an activating group) is 1. The summed E-state index contributed by atoms with van der Waals surface area (Å²) in [5.41, 5.74) is 0.0608. The van der Waals surface area contributed by atoms with Gasteiger partial charge >= 0.3 is 6.18 Å². The Hall–Kier alpha value is -2.37. The van der Waals surface area contributed by atoms with Crippen LogP contribution in [0.15, 0.2) is 29.6 Å². The van der Waals surface area contributed by atoms with E-state index in [1.165, 1.54) is 23.5 Å². The van der Waals surface area contributed by atoms with E-state index in [0.29, 0.717) is 22.9 Å². The number of amides is 1. The lowest BCUT2D eigenvalue weighted by atomic mass is 9.74. The summed E-state index contributed by atoms with van der Waals surface area (Å²) in [6.45, 7) is 3.62. The molecule has 3 unspecified atom stereocenters. The van der Waals surface area contributed by atoms with Crippen molar-refractivity contribution in [3.63, 3.8) is 0 Å². The molecule has 232 valence electrons. The number of benzene rings is 1. The van der Waals surface area contributed by atoms with E-state index in [-0.39, 0.29) is 12.8 Å². The molecule has 42 heavy (non-hydrogen) atoms. The maximum atomic E-state index is 13.1. The van der Waals surface area contributed by atoms with E-state index in [9.17, 15) is 33.3 Å². The number of rotatable bonds is 7. The maximum absolute atomic E-state index is 13.1. The number of hydrogen-bond donors (Lipinski definition) is 6. The quantitative estimate of drug-likeness (QED) is 0.272. The van der Waals surface area contributed by atoms with Gasteiger partial charge in [-0.3, -0.25) is 4.79 Å². The Morgan fingerprint density at radius 2 is 1.88 bits per heavy atom. The molecule has 3 heterocycles. The third-order valence-electron chi connectivity index (χ3n) is 8.12. The van der Waals surface area contributed by atoms with Gasteiger partial charge in [-0.15, -0.1) is 11.3 Å². The second kappa shape index (κ2) is 12.0. The minimum absolute atomic E-state index is 0.140. The van der Waals surface area contributed by atoms with Crippen molar-refractivity contribution in [3.05, 3.63) is 40.9 Å². The van der Waals surface area contributed by atoms with E-state index in [0.717, 1.165) is 12.1 Å². The number of nitrogens with one attached hydrogen (secondary N) is 3. The van der Waals surface area contributed by atoms with Crippen LogP contribution in [-0.2, 0) is 31.6 Å². The largest absolute Gasteiger partial charge is 0.416 e. The van der Waals surface area contributed by atoms with Gasteiger partial charge in [0.2, 0.25) is 18.0 Å². The average Bonchev–Trinajstić information content (AvgIpc) is 3.35. The Morgan fingerprint density at radius 1 is 1.17 bits per heavy atom. The van der Waals surface area contributed by atoms with Crippen LogP contribution in [0, 0.1) is 5.92 Å². The van der Waals surface area contributed by atoms with Gasteiger partial charge in [-0.25, -0.2) is 4.98 Å². The number of nitrogens with zero attached hydrogens (tertiary/aromatic N) is 1. The van der Waals surface area contributed by atoms with Crippen LogP contribution in [0.25, 0.3) is 0 Å². The van der Waals surface area contributed by atoms with Gasteiger partial charge in [0.25, 0.3) is 0 Å². The third kappa shape index (κ3) is 6.01. The van der Waals surface area contributed by atoms with Crippen molar-refractivity contribution in [3.8, 4) is 0 Å². The summed E-state index contributed by atoms with van der Waals surface area (Å²) in [5.74, 6) is -3.04. The van der Waals surface area contributed by atoms with Crippen LogP contribution in [0.2, 0.25) is 0 Å². The fraction of sp³-hybridized carbons (Fsp3) is 0.630. The second-order valence-electron chi connectivity index (χ2n) is 11.0. The van der Waals surface area contributed by atoms with Crippen molar-refractivity contribution >= 4 is 28.1 Å². The van der Waals surface area contributed by atoms with E-state index in [2.05, 4.69) is 20.9 Å². The first-order chi connectivity index (χ1) is 19.8. The van der Waals surface area contributed by atoms with Crippen LogP contribution >= 0.6 is 11.3 Å². The van der Waals surface area contributed by atoms with Crippen molar-refractivity contribution in [2.45, 2.75) is 94.0 Å². The summed E-state index contributed by atoms with van der Waals surface area (Å²) in [6, 6.07) is 2.91. The molecule has 0 bridgehead atoms. The highest BCUT2D eigenvalue weighted by Gasteiger charge is 2.63. The smallest absolute Gasteiger partial charge is 0.391 e. The molecule has 2 aliphatic heterocycles. The fourth-order valence-corrected chi connectivity index (χ4v) is 6.69. The Bertz CT molecular complexity index is 1250. The number of anilines is 2. The summed E-state index contributed by atoms with van der Waals surface area (Å²) in [6.07, 6.45) is -9.44. The molecule has 1 saturated carbocycles. The normalized spacial score (nSPS) is 36.5. The van der Waals surface area contributed by atoms with Crippen LogP contribution in [0.3, 0.4) is 0 Å². The number of aliphatic hydroxyl groups is 3. The summed E-state index contributed by atoms with van der Waals surface area (Å²) in [7, 11) is 1.64. The minimum atomic E-state index is -4.43. The predicted molar refractivity (Wildman–Crippen MR) is 145 cm³/mol. The number of aliphatic hydroxyl groups excluding tert-OH is 2. The predicted octanol–water partition coefficient (Wildman–Crippen LogP) is 1.89. The lowest BCUT2D eigenvalue weighted by Gasteiger charge is -2.58. The van der Waals surface area contributed by atoms with Gasteiger partial charge in [-0.05, 0) is 51.1 Å². The molecule has 6 N–H and O–H groups in total. The third-order valence-corrected chi connectivity index (χ3v) is 8.93. The molecular formula is C27H35F3N4O7S. The first-order valence-corrected chi connectivity index (χ1v) is 14.6. The lowest BCUT2D eigenvalue weighted by Crippen LogP contribution is -2.77. The molecule has 3 fully saturated rings. The first-order valence-electron chi connectivity index (χ1n) is 13.8. The van der Waals surface area contributed by atoms with Gasteiger partial charge in [0.15, 0.2) is 5.13 Å². The number of thiazole rings is 1. The first kappa shape index (κ1) is 31.1. The van der Waals surface area contributed by atoms with Crippen molar-refractivity contribution < 1.29 is 47.5 Å². The number of alkyl halides is 3. The second-order valence-corrected chi connectivity index (χ2v) is 11.8. The van der Waals surface area contributed by atoms with E-state index in [4.69, 9.17) is 14.2 Å². The molecule has 11 nitrogen and oxygen atoms in total. The van der Waals surface area contributed by atoms with Gasteiger partial charge in [0, 0.05) is 17.0 Å². The van der Waals surface area contributed by atoms with E-state index in [1.54, 1.807) is 19.4 Å². The van der Waals surface area contributed by atoms with Crippen LogP contribution in [0.5, 0.6) is 0 Å². The summed E-state index contributed by atoms with van der Waals surface area (Å²) < 4.78 is 56.5. The molecule has 1 aromatic carbocycles. The Labute approximate surface area is 244 Å². The van der Waals surface area contributed by atoms with E-state index in [1.807, 2.05) is 6.92 Å². The molecule has 1 aliphatic carbocycles. The van der Waals surface area contributed by atoms with E-state index < -0.39 is 78.2 Å². The van der Waals surface area contributed by atoms with Crippen LogP contribution in [0.1, 0.15) is 37.9 Å². The van der Waals surface area contributed by atoms with Crippen molar-refractivity contribution in [2.75, 3.05) is 12.4 Å². The highest BCUT2D eigenvalue weighted by Crippen LogP contribution is 2.43. The van der Waals surface area contributed by atoms with Crippen molar-refractivity contribution in [1.29, 1.82) is 0 Å². The average molecular weight is 617 g/mol. The summed E-state index contributed by atoms with van der Waals surface area (Å²) in [5, 5.41) is 44.3. The molecule has 0 spiro atoms. The van der Waals surface area contributed by atoms with Crippen molar-refractivity contribution in [1.82, 2.24) is 15.6 Å². The Kier molecular flexibility index (Phi) is 8.85. The highest BCUT2D eigenvalue weighted by molar-refractivity contribution is 7.13. The number of halogens is 3. The number of fused-ring (bicyclic) bond motifs is 2. The molecule has 5 rings (SSSR count). The molecule has 2 aromatic rings. The lowest BCUT2D eigenvalue weighted by molar-refractivity contribution is -0.450. The summed E-state index contributed by atoms with van der Waals surface area (Å²) >= 11 is 1.18. The molecular weight excluding hydrogens is 581 g/mol. The minimum Gasteiger partial charge on any atom is -0.391 e. The van der Waals surface area contributed by atoms with Gasteiger partial charge in [-0.1, -0.05) is 6.92 Å². The highest BCUT2D eigenvalue weighted by atomic mass is 32.1. The van der Waals surface area contributed by atoms with Gasteiger partial charge in [0.05, 0.1) is 48.1 Å². The Morgan fingerprint density at radius 3 is 2.52 bits per heavy atom. The number of carbonyl (C=O) groups is 1. The molecule has 10 atom stereocenters. The molecule has 2 saturated heterocycles. The maximum Gasteiger partial charge on any atom is 0.416 e. The summed E-state index contributed by atoms with van der Waals surface area (Å²) in [4.78, 5) is 17.4. The zero-order valence-electron chi connectivity index (χ0n) is 23.2. The molecule has 1 aromatic heterocycles. The molecule has 3 aliphatic rings.